The Morgan fingerprint density at radius 3 is 2.53 bits per heavy atom. The highest BCUT2D eigenvalue weighted by Gasteiger charge is 2.35. The lowest BCUT2D eigenvalue weighted by molar-refractivity contribution is -0.137. The van der Waals surface area contributed by atoms with Gasteiger partial charge in [0.05, 0.1) is 22.2 Å². The summed E-state index contributed by atoms with van der Waals surface area (Å²) in [5.41, 5.74) is 1.59. The standard InChI is InChI=1S/C21H21F3N4O2/c1-3-14-12-15(18-13(2)26-30-19(18)25-14)20(29)28-10-8-27(9-11-28)17-7-5-4-6-16(17)21(22,23)24/h4-7,12H,3,8-11H2,1-2H3. The third-order valence-corrected chi connectivity index (χ3v) is 5.38. The van der Waals surface area contributed by atoms with Gasteiger partial charge in [-0.3, -0.25) is 4.79 Å². The molecule has 0 N–H and O–H groups in total. The topological polar surface area (TPSA) is 62.5 Å². The van der Waals surface area contributed by atoms with Gasteiger partial charge in [0.1, 0.15) is 0 Å². The fourth-order valence-corrected chi connectivity index (χ4v) is 3.81. The van der Waals surface area contributed by atoms with Crippen molar-refractivity contribution >= 4 is 22.7 Å². The average Bonchev–Trinajstić information content (AvgIpc) is 3.13. The Bertz CT molecular complexity index is 1090. The van der Waals surface area contributed by atoms with Crippen LogP contribution in [0.1, 0.15) is 34.2 Å². The van der Waals surface area contributed by atoms with Crippen LogP contribution in [-0.4, -0.2) is 47.1 Å². The van der Waals surface area contributed by atoms with Gasteiger partial charge in [-0.25, -0.2) is 4.98 Å². The summed E-state index contributed by atoms with van der Waals surface area (Å²) in [6.07, 6.45) is -3.79. The molecule has 0 atom stereocenters. The molecule has 0 unspecified atom stereocenters. The molecule has 0 spiro atoms. The minimum Gasteiger partial charge on any atom is -0.367 e. The minimum absolute atomic E-state index is 0.145. The molecule has 0 radical (unpaired) electrons. The number of alkyl halides is 3. The first kappa shape index (κ1) is 20.2. The van der Waals surface area contributed by atoms with Crippen LogP contribution < -0.4 is 4.90 Å². The fraction of sp³-hybridized carbons (Fsp3) is 0.381. The summed E-state index contributed by atoms with van der Waals surface area (Å²) in [6.45, 7) is 4.96. The summed E-state index contributed by atoms with van der Waals surface area (Å²) in [5.74, 6) is -0.188. The molecular formula is C21H21F3N4O2. The lowest BCUT2D eigenvalue weighted by Crippen LogP contribution is -2.49. The number of halogens is 3. The van der Waals surface area contributed by atoms with Gasteiger partial charge in [-0.15, -0.1) is 0 Å². The molecule has 0 saturated carbocycles. The number of nitrogens with zero attached hydrogens (tertiary/aromatic N) is 4. The van der Waals surface area contributed by atoms with Gasteiger partial charge >= 0.3 is 6.18 Å². The van der Waals surface area contributed by atoms with Crippen LogP contribution in [-0.2, 0) is 12.6 Å². The molecule has 1 amide bonds. The Morgan fingerprint density at radius 2 is 1.87 bits per heavy atom. The van der Waals surface area contributed by atoms with Crippen molar-refractivity contribution in [2.45, 2.75) is 26.4 Å². The number of hydrogen-bond acceptors (Lipinski definition) is 5. The van der Waals surface area contributed by atoms with Gasteiger partial charge in [-0.2, -0.15) is 13.2 Å². The quantitative estimate of drug-likeness (QED) is 0.642. The predicted molar refractivity (Wildman–Crippen MR) is 105 cm³/mol. The third-order valence-electron chi connectivity index (χ3n) is 5.38. The summed E-state index contributed by atoms with van der Waals surface area (Å²) in [5, 5.41) is 4.51. The molecule has 158 valence electrons. The fourth-order valence-electron chi connectivity index (χ4n) is 3.81. The van der Waals surface area contributed by atoms with Crippen molar-refractivity contribution in [3.8, 4) is 0 Å². The van der Waals surface area contributed by atoms with E-state index in [1.807, 2.05) is 6.92 Å². The number of aryl methyl sites for hydroxylation is 2. The number of aromatic nitrogens is 2. The molecule has 1 fully saturated rings. The van der Waals surface area contributed by atoms with E-state index in [1.54, 1.807) is 28.9 Å². The van der Waals surface area contributed by atoms with Crippen molar-refractivity contribution in [2.24, 2.45) is 0 Å². The first-order chi connectivity index (χ1) is 14.3. The second kappa shape index (κ2) is 7.62. The first-order valence-electron chi connectivity index (χ1n) is 9.76. The van der Waals surface area contributed by atoms with E-state index in [9.17, 15) is 18.0 Å². The highest BCUT2D eigenvalue weighted by molar-refractivity contribution is 6.06. The molecule has 3 heterocycles. The summed E-state index contributed by atoms with van der Waals surface area (Å²) in [6, 6.07) is 7.28. The summed E-state index contributed by atoms with van der Waals surface area (Å²) in [7, 11) is 0. The third kappa shape index (κ3) is 3.59. The summed E-state index contributed by atoms with van der Waals surface area (Å²) < 4.78 is 45.3. The first-order valence-corrected chi connectivity index (χ1v) is 9.76. The van der Waals surface area contributed by atoms with Gasteiger partial charge in [0.15, 0.2) is 0 Å². The number of carbonyl (C=O) groups excluding carboxylic acids is 1. The molecule has 1 saturated heterocycles. The van der Waals surface area contributed by atoms with Gasteiger partial charge < -0.3 is 14.3 Å². The highest BCUT2D eigenvalue weighted by Crippen LogP contribution is 2.36. The largest absolute Gasteiger partial charge is 0.418 e. The molecule has 3 aromatic rings. The smallest absolute Gasteiger partial charge is 0.367 e. The zero-order chi connectivity index (χ0) is 21.5. The number of pyridine rings is 1. The van der Waals surface area contributed by atoms with E-state index in [-0.39, 0.29) is 11.6 Å². The Kier molecular flexibility index (Phi) is 5.13. The van der Waals surface area contributed by atoms with Crippen LogP contribution in [0.3, 0.4) is 0 Å². The Balaban J connectivity index is 1.57. The zero-order valence-corrected chi connectivity index (χ0v) is 16.7. The Morgan fingerprint density at radius 1 is 1.17 bits per heavy atom. The number of benzene rings is 1. The number of piperazine rings is 1. The number of anilines is 1. The maximum Gasteiger partial charge on any atom is 0.418 e. The van der Waals surface area contributed by atoms with Crippen LogP contribution in [0, 0.1) is 6.92 Å². The maximum atomic E-state index is 13.3. The molecule has 2 aromatic heterocycles. The number of amides is 1. The average molecular weight is 418 g/mol. The minimum atomic E-state index is -4.42. The molecule has 0 bridgehead atoms. The zero-order valence-electron chi connectivity index (χ0n) is 16.7. The Labute approximate surface area is 171 Å². The van der Waals surface area contributed by atoms with E-state index in [1.165, 1.54) is 12.1 Å². The van der Waals surface area contributed by atoms with E-state index in [0.29, 0.717) is 55.0 Å². The van der Waals surface area contributed by atoms with Gasteiger partial charge in [0.25, 0.3) is 11.6 Å². The number of fused-ring (bicyclic) bond motifs is 1. The van der Waals surface area contributed by atoms with Crippen LogP contribution in [0.15, 0.2) is 34.9 Å². The van der Waals surface area contributed by atoms with E-state index >= 15 is 0 Å². The lowest BCUT2D eigenvalue weighted by atomic mass is 10.1. The van der Waals surface area contributed by atoms with Gasteiger partial charge in [-0.1, -0.05) is 24.2 Å². The van der Waals surface area contributed by atoms with Crippen molar-refractivity contribution < 1.29 is 22.5 Å². The maximum absolute atomic E-state index is 13.3. The number of hydrogen-bond donors (Lipinski definition) is 0. The Hall–Kier alpha value is -3.10. The molecule has 1 aromatic carbocycles. The normalized spacial score (nSPS) is 15.1. The van der Waals surface area contributed by atoms with E-state index in [2.05, 4.69) is 10.1 Å². The molecule has 1 aliphatic heterocycles. The van der Waals surface area contributed by atoms with Crippen LogP contribution in [0.5, 0.6) is 0 Å². The van der Waals surface area contributed by atoms with Crippen molar-refractivity contribution in [3.63, 3.8) is 0 Å². The molecule has 6 nitrogen and oxygen atoms in total. The lowest BCUT2D eigenvalue weighted by Gasteiger charge is -2.37. The molecule has 1 aliphatic rings. The van der Waals surface area contributed by atoms with Gasteiger partial charge in [0.2, 0.25) is 0 Å². The number of para-hydroxylation sites is 1. The molecule has 9 heteroatoms. The number of rotatable bonds is 3. The van der Waals surface area contributed by atoms with Gasteiger partial charge in [-0.05, 0) is 31.5 Å². The predicted octanol–water partition coefficient (Wildman–Crippen LogP) is 4.07. The van der Waals surface area contributed by atoms with E-state index in [0.717, 1.165) is 11.8 Å². The van der Waals surface area contributed by atoms with Crippen molar-refractivity contribution in [3.05, 3.63) is 52.8 Å². The summed E-state index contributed by atoms with van der Waals surface area (Å²) in [4.78, 5) is 20.9. The monoisotopic (exact) mass is 418 g/mol. The molecular weight excluding hydrogens is 397 g/mol. The van der Waals surface area contributed by atoms with E-state index < -0.39 is 11.7 Å². The van der Waals surface area contributed by atoms with E-state index in [4.69, 9.17) is 4.52 Å². The van der Waals surface area contributed by atoms with Gasteiger partial charge in [0, 0.05) is 37.6 Å². The molecule has 0 aliphatic carbocycles. The van der Waals surface area contributed by atoms with Crippen LogP contribution in [0.4, 0.5) is 18.9 Å². The van der Waals surface area contributed by atoms with Crippen LogP contribution in [0.25, 0.3) is 11.1 Å². The van der Waals surface area contributed by atoms with Crippen molar-refractivity contribution in [1.82, 2.24) is 15.0 Å². The van der Waals surface area contributed by atoms with Crippen molar-refractivity contribution in [1.29, 1.82) is 0 Å². The summed E-state index contributed by atoms with van der Waals surface area (Å²) >= 11 is 0. The SMILES string of the molecule is CCc1cc(C(=O)N2CCN(c3ccccc3C(F)(F)F)CC2)c2c(C)noc2n1. The van der Waals surface area contributed by atoms with Crippen molar-refractivity contribution in [2.75, 3.05) is 31.1 Å². The second-order valence-electron chi connectivity index (χ2n) is 7.26. The number of carbonyl (C=O) groups is 1. The highest BCUT2D eigenvalue weighted by atomic mass is 19.4. The molecule has 4 rings (SSSR count). The second-order valence-corrected chi connectivity index (χ2v) is 7.26. The van der Waals surface area contributed by atoms with Crippen LogP contribution >= 0.6 is 0 Å². The molecule has 30 heavy (non-hydrogen) atoms. The van der Waals surface area contributed by atoms with Crippen LogP contribution in [0.2, 0.25) is 0 Å².